The van der Waals surface area contributed by atoms with E-state index in [9.17, 15) is 9.59 Å². The van der Waals surface area contributed by atoms with E-state index in [4.69, 9.17) is 16.3 Å². The van der Waals surface area contributed by atoms with Crippen molar-refractivity contribution >= 4 is 23.4 Å². The number of carbonyl (C=O) groups excluding carboxylic acids is 2. The van der Waals surface area contributed by atoms with Gasteiger partial charge in [0.25, 0.3) is 0 Å². The Bertz CT molecular complexity index is 1080. The van der Waals surface area contributed by atoms with Gasteiger partial charge in [0.2, 0.25) is 11.8 Å². The van der Waals surface area contributed by atoms with Gasteiger partial charge < -0.3 is 15.0 Å². The number of ether oxygens (including phenoxy) is 1. The van der Waals surface area contributed by atoms with Crippen molar-refractivity contribution < 1.29 is 14.3 Å². The SMILES string of the molecule is C=CCNC(=O)C(Cc1ccccc1)N(Cc1ccc(OC)cc1)C(=O)Cc1ccc(Cl)cc1. The lowest BCUT2D eigenvalue weighted by Crippen LogP contribution is -2.51. The first kappa shape index (κ1) is 25.1. The van der Waals surface area contributed by atoms with Crippen LogP contribution < -0.4 is 10.1 Å². The van der Waals surface area contributed by atoms with Crippen molar-refractivity contribution in [3.05, 3.63) is 113 Å². The smallest absolute Gasteiger partial charge is 0.243 e. The van der Waals surface area contributed by atoms with Crippen LogP contribution in [0.1, 0.15) is 16.7 Å². The number of rotatable bonds is 11. The highest BCUT2D eigenvalue weighted by molar-refractivity contribution is 6.30. The summed E-state index contributed by atoms with van der Waals surface area (Å²) in [5.74, 6) is 0.363. The second kappa shape index (κ2) is 12.6. The van der Waals surface area contributed by atoms with Gasteiger partial charge in [0.15, 0.2) is 0 Å². The highest BCUT2D eigenvalue weighted by Crippen LogP contribution is 2.19. The van der Waals surface area contributed by atoms with E-state index in [-0.39, 0.29) is 24.8 Å². The highest BCUT2D eigenvalue weighted by Gasteiger charge is 2.30. The first-order valence-electron chi connectivity index (χ1n) is 11.1. The fourth-order valence-corrected chi connectivity index (χ4v) is 3.78. The minimum atomic E-state index is -0.691. The number of hydrogen-bond donors (Lipinski definition) is 1. The third kappa shape index (κ3) is 7.22. The van der Waals surface area contributed by atoms with Gasteiger partial charge in [0.05, 0.1) is 13.5 Å². The molecule has 2 amide bonds. The van der Waals surface area contributed by atoms with Gasteiger partial charge in [0, 0.05) is 24.5 Å². The monoisotopic (exact) mass is 476 g/mol. The fraction of sp³-hybridized carbons (Fsp3) is 0.214. The van der Waals surface area contributed by atoms with E-state index < -0.39 is 6.04 Å². The van der Waals surface area contributed by atoms with Gasteiger partial charge in [-0.15, -0.1) is 6.58 Å². The van der Waals surface area contributed by atoms with Gasteiger partial charge in [0.1, 0.15) is 11.8 Å². The van der Waals surface area contributed by atoms with Crippen molar-refractivity contribution in [1.29, 1.82) is 0 Å². The summed E-state index contributed by atoms with van der Waals surface area (Å²) in [6.45, 7) is 4.30. The molecule has 0 bridgehead atoms. The lowest BCUT2D eigenvalue weighted by molar-refractivity contribution is -0.140. The van der Waals surface area contributed by atoms with Gasteiger partial charge in [-0.25, -0.2) is 0 Å². The van der Waals surface area contributed by atoms with Crippen molar-refractivity contribution in [2.45, 2.75) is 25.4 Å². The number of halogens is 1. The molecule has 0 saturated heterocycles. The number of benzene rings is 3. The van der Waals surface area contributed by atoms with Gasteiger partial charge in [-0.2, -0.15) is 0 Å². The summed E-state index contributed by atoms with van der Waals surface area (Å²) in [6.07, 6.45) is 2.18. The molecule has 0 aliphatic heterocycles. The Morgan fingerprint density at radius 2 is 1.62 bits per heavy atom. The van der Waals surface area contributed by atoms with E-state index in [2.05, 4.69) is 11.9 Å². The largest absolute Gasteiger partial charge is 0.497 e. The highest BCUT2D eigenvalue weighted by atomic mass is 35.5. The second-order valence-corrected chi connectivity index (χ2v) is 8.35. The first-order valence-corrected chi connectivity index (χ1v) is 11.5. The van der Waals surface area contributed by atoms with Crippen molar-refractivity contribution in [2.24, 2.45) is 0 Å². The van der Waals surface area contributed by atoms with Crippen LogP contribution in [-0.2, 0) is 29.0 Å². The average molecular weight is 477 g/mol. The standard InChI is InChI=1S/C28H29ClN2O3/c1-3-17-30-28(33)26(18-21-7-5-4-6-8-21)31(20-23-11-15-25(34-2)16-12-23)27(32)19-22-9-13-24(29)14-10-22/h3-16,26H,1,17-20H2,2H3,(H,30,33). The second-order valence-electron chi connectivity index (χ2n) is 7.91. The molecule has 0 spiro atoms. The number of carbonyl (C=O) groups is 2. The molecular formula is C28H29ClN2O3. The van der Waals surface area contributed by atoms with Crippen LogP contribution in [0.25, 0.3) is 0 Å². The van der Waals surface area contributed by atoms with Crippen LogP contribution in [0.15, 0.2) is 91.5 Å². The Balaban J connectivity index is 1.94. The van der Waals surface area contributed by atoms with Gasteiger partial charge in [-0.3, -0.25) is 9.59 Å². The minimum absolute atomic E-state index is 0.146. The lowest BCUT2D eigenvalue weighted by Gasteiger charge is -2.31. The molecule has 1 atom stereocenters. The van der Waals surface area contributed by atoms with Crippen molar-refractivity contribution in [1.82, 2.24) is 10.2 Å². The molecule has 0 aliphatic rings. The minimum Gasteiger partial charge on any atom is -0.497 e. The Kier molecular flexibility index (Phi) is 9.30. The van der Waals surface area contributed by atoms with E-state index in [1.54, 1.807) is 30.2 Å². The molecule has 6 heteroatoms. The summed E-state index contributed by atoms with van der Waals surface area (Å²) < 4.78 is 5.25. The van der Waals surface area contributed by atoms with Gasteiger partial charge in [-0.05, 0) is 41.0 Å². The molecule has 1 N–H and O–H groups in total. The quantitative estimate of drug-likeness (QED) is 0.403. The predicted octanol–water partition coefficient (Wildman–Crippen LogP) is 4.83. The fourth-order valence-electron chi connectivity index (χ4n) is 3.65. The molecule has 176 valence electrons. The number of nitrogens with one attached hydrogen (secondary N) is 1. The van der Waals surface area contributed by atoms with E-state index in [0.717, 1.165) is 22.4 Å². The van der Waals surface area contributed by atoms with Crippen molar-refractivity contribution in [3.8, 4) is 5.75 Å². The third-order valence-electron chi connectivity index (χ3n) is 5.47. The molecule has 0 aromatic heterocycles. The molecule has 1 unspecified atom stereocenters. The van der Waals surface area contributed by atoms with Crippen LogP contribution in [0, 0.1) is 0 Å². The van der Waals surface area contributed by atoms with Crippen LogP contribution in [0.5, 0.6) is 5.75 Å². The lowest BCUT2D eigenvalue weighted by atomic mass is 10.0. The van der Waals surface area contributed by atoms with E-state index >= 15 is 0 Å². The Hall–Kier alpha value is -3.57. The van der Waals surface area contributed by atoms with Crippen LogP contribution in [0.4, 0.5) is 0 Å². The summed E-state index contributed by atoms with van der Waals surface area (Å²) in [5.41, 5.74) is 2.71. The Morgan fingerprint density at radius 1 is 0.971 bits per heavy atom. The Labute approximate surface area is 206 Å². The maximum atomic E-state index is 13.6. The van der Waals surface area contributed by atoms with Crippen LogP contribution in [0.2, 0.25) is 5.02 Å². The molecule has 34 heavy (non-hydrogen) atoms. The molecular weight excluding hydrogens is 448 g/mol. The van der Waals surface area contributed by atoms with Crippen LogP contribution in [0.3, 0.4) is 0 Å². The normalized spacial score (nSPS) is 11.4. The first-order chi connectivity index (χ1) is 16.5. The molecule has 3 aromatic carbocycles. The van der Waals surface area contributed by atoms with Crippen LogP contribution in [-0.4, -0.2) is 36.4 Å². The zero-order valence-corrected chi connectivity index (χ0v) is 20.0. The average Bonchev–Trinajstić information content (AvgIpc) is 2.87. The molecule has 0 heterocycles. The number of amides is 2. The number of nitrogens with zero attached hydrogens (tertiary/aromatic N) is 1. The van der Waals surface area contributed by atoms with Gasteiger partial charge in [-0.1, -0.05) is 72.3 Å². The number of methoxy groups -OCH3 is 1. The molecule has 3 rings (SSSR count). The zero-order chi connectivity index (χ0) is 24.3. The van der Waals surface area contributed by atoms with Gasteiger partial charge >= 0.3 is 0 Å². The summed E-state index contributed by atoms with van der Waals surface area (Å²) in [4.78, 5) is 28.5. The van der Waals surface area contributed by atoms with Crippen LogP contribution >= 0.6 is 11.6 Å². The predicted molar refractivity (Wildman–Crippen MR) is 136 cm³/mol. The number of hydrogen-bond acceptors (Lipinski definition) is 3. The molecule has 0 aliphatic carbocycles. The van der Waals surface area contributed by atoms with E-state index in [1.165, 1.54) is 0 Å². The van der Waals surface area contributed by atoms with Crippen molar-refractivity contribution in [3.63, 3.8) is 0 Å². The van der Waals surface area contributed by atoms with E-state index in [0.29, 0.717) is 18.0 Å². The maximum absolute atomic E-state index is 13.6. The van der Waals surface area contributed by atoms with E-state index in [1.807, 2.05) is 66.7 Å². The topological polar surface area (TPSA) is 58.6 Å². The molecule has 0 saturated carbocycles. The molecule has 0 fully saturated rings. The summed E-state index contributed by atoms with van der Waals surface area (Å²) in [6, 6.07) is 23.7. The third-order valence-corrected chi connectivity index (χ3v) is 5.72. The molecule has 3 aromatic rings. The summed E-state index contributed by atoms with van der Waals surface area (Å²) in [5, 5.41) is 3.48. The summed E-state index contributed by atoms with van der Waals surface area (Å²) in [7, 11) is 1.61. The molecule has 0 radical (unpaired) electrons. The summed E-state index contributed by atoms with van der Waals surface area (Å²) >= 11 is 6.01. The van der Waals surface area contributed by atoms with Crippen molar-refractivity contribution in [2.75, 3.05) is 13.7 Å². The maximum Gasteiger partial charge on any atom is 0.243 e. The molecule has 5 nitrogen and oxygen atoms in total. The zero-order valence-electron chi connectivity index (χ0n) is 19.2. The Morgan fingerprint density at radius 3 is 2.24 bits per heavy atom.